The Hall–Kier alpha value is -3.30. The third-order valence-electron chi connectivity index (χ3n) is 5.33. The van der Waals surface area contributed by atoms with Gasteiger partial charge in [0.05, 0.1) is 0 Å². The monoisotopic (exact) mass is 482 g/mol. The van der Waals surface area contributed by atoms with Crippen LogP contribution in [0.3, 0.4) is 0 Å². The van der Waals surface area contributed by atoms with E-state index in [1.807, 2.05) is 38.1 Å². The average Bonchev–Trinajstić information content (AvgIpc) is 3.32. The number of hydrogen-bond acceptors (Lipinski definition) is 8. The van der Waals surface area contributed by atoms with Gasteiger partial charge in [-0.05, 0) is 61.1 Å². The van der Waals surface area contributed by atoms with Crippen molar-refractivity contribution in [2.75, 3.05) is 26.9 Å². The molecular formula is C26H34N4O5. The number of aryl methyl sites for hydroxylation is 2. The highest BCUT2D eigenvalue weighted by atomic mass is 16.5. The maximum absolute atomic E-state index is 11.5. The minimum atomic E-state index is -0.847. The molecule has 0 aliphatic rings. The van der Waals surface area contributed by atoms with Crippen LogP contribution in [0.4, 0.5) is 0 Å². The van der Waals surface area contributed by atoms with Crippen LogP contribution in [0, 0.1) is 12.8 Å². The first-order chi connectivity index (χ1) is 16.8. The molecule has 0 aliphatic heterocycles. The number of aliphatic hydroxyl groups is 1. The van der Waals surface area contributed by atoms with Gasteiger partial charge in [-0.15, -0.1) is 0 Å². The summed E-state index contributed by atoms with van der Waals surface area (Å²) in [5, 5.41) is 17.0. The van der Waals surface area contributed by atoms with Crippen molar-refractivity contribution in [1.82, 2.24) is 20.4 Å². The van der Waals surface area contributed by atoms with Gasteiger partial charge < -0.3 is 24.4 Å². The molecule has 2 heterocycles. The van der Waals surface area contributed by atoms with Gasteiger partial charge in [-0.3, -0.25) is 9.78 Å². The van der Waals surface area contributed by atoms with E-state index >= 15 is 0 Å². The number of carbonyl (C=O) groups is 1. The molecule has 188 valence electrons. The van der Waals surface area contributed by atoms with Gasteiger partial charge >= 0.3 is 0 Å². The minimum absolute atomic E-state index is 0.0492. The van der Waals surface area contributed by atoms with E-state index in [-0.39, 0.29) is 25.7 Å². The lowest BCUT2D eigenvalue weighted by Gasteiger charge is -2.17. The zero-order chi connectivity index (χ0) is 25.4. The standard InChI is InChI=1S/C26H34N4O5/c1-6-18-11-20(10-17(4)24(18)34-14-22(31)13-28-23(32)15-33-5)25-29-26(35-30-25)19-7-8-27-21(12-19)9-16(2)3/h7-8,10-12,16,22,31H,6,9,13-15H2,1-5H3,(H,28,32)/t22-/m0/s1. The summed E-state index contributed by atoms with van der Waals surface area (Å²) in [7, 11) is 1.44. The normalized spacial score (nSPS) is 12.1. The Morgan fingerprint density at radius 1 is 1.23 bits per heavy atom. The zero-order valence-corrected chi connectivity index (χ0v) is 21.0. The highest BCUT2D eigenvalue weighted by molar-refractivity contribution is 5.77. The summed E-state index contributed by atoms with van der Waals surface area (Å²) in [5.41, 5.74) is 4.51. The molecule has 0 radical (unpaired) electrons. The molecular weight excluding hydrogens is 448 g/mol. The van der Waals surface area contributed by atoms with Crippen LogP contribution in [0.5, 0.6) is 5.75 Å². The highest BCUT2D eigenvalue weighted by Gasteiger charge is 2.17. The molecule has 3 aromatic rings. The van der Waals surface area contributed by atoms with Crippen molar-refractivity contribution in [3.05, 3.63) is 47.3 Å². The number of benzene rings is 1. The SMILES string of the molecule is CCc1cc(-c2noc(-c3ccnc(CC(C)C)c3)n2)cc(C)c1OC[C@@H](O)CNC(=O)COC. The number of ether oxygens (including phenoxy) is 2. The molecule has 0 saturated carbocycles. The Balaban J connectivity index is 1.73. The summed E-state index contributed by atoms with van der Waals surface area (Å²) in [6.07, 6.45) is 2.52. The van der Waals surface area contributed by atoms with Gasteiger partial charge in [-0.25, -0.2) is 0 Å². The summed E-state index contributed by atoms with van der Waals surface area (Å²) in [6, 6.07) is 7.76. The Morgan fingerprint density at radius 2 is 2.03 bits per heavy atom. The lowest BCUT2D eigenvalue weighted by molar-refractivity contribution is -0.125. The minimum Gasteiger partial charge on any atom is -0.490 e. The van der Waals surface area contributed by atoms with E-state index in [4.69, 9.17) is 14.0 Å². The van der Waals surface area contributed by atoms with Crippen LogP contribution >= 0.6 is 0 Å². The summed E-state index contributed by atoms with van der Waals surface area (Å²) in [4.78, 5) is 20.5. The predicted molar refractivity (Wildman–Crippen MR) is 132 cm³/mol. The number of carbonyl (C=O) groups excluding carboxylic acids is 1. The van der Waals surface area contributed by atoms with Crippen LogP contribution in [-0.4, -0.2) is 59.1 Å². The van der Waals surface area contributed by atoms with Gasteiger partial charge in [0.25, 0.3) is 5.89 Å². The van der Waals surface area contributed by atoms with Gasteiger partial charge in [-0.2, -0.15) is 4.98 Å². The van der Waals surface area contributed by atoms with Crippen LogP contribution in [0.2, 0.25) is 0 Å². The zero-order valence-electron chi connectivity index (χ0n) is 21.0. The second kappa shape index (κ2) is 12.4. The van der Waals surface area contributed by atoms with Crippen LogP contribution in [0.1, 0.15) is 37.6 Å². The first kappa shape index (κ1) is 26.3. The first-order valence-corrected chi connectivity index (χ1v) is 11.8. The fourth-order valence-corrected chi connectivity index (χ4v) is 3.70. The fraction of sp³-hybridized carbons (Fsp3) is 0.462. The molecule has 1 atom stereocenters. The summed E-state index contributed by atoms with van der Waals surface area (Å²) >= 11 is 0. The largest absolute Gasteiger partial charge is 0.490 e. The average molecular weight is 483 g/mol. The van der Waals surface area contributed by atoms with Gasteiger partial charge in [0.1, 0.15) is 25.1 Å². The van der Waals surface area contributed by atoms with Crippen molar-refractivity contribution >= 4 is 5.91 Å². The van der Waals surface area contributed by atoms with E-state index in [0.717, 1.165) is 40.8 Å². The van der Waals surface area contributed by atoms with Crippen molar-refractivity contribution in [2.45, 2.75) is 46.6 Å². The van der Waals surface area contributed by atoms with E-state index < -0.39 is 6.10 Å². The lowest BCUT2D eigenvalue weighted by atomic mass is 10.0. The van der Waals surface area contributed by atoms with E-state index in [9.17, 15) is 9.90 Å². The maximum Gasteiger partial charge on any atom is 0.258 e. The first-order valence-electron chi connectivity index (χ1n) is 11.8. The maximum atomic E-state index is 11.5. The lowest BCUT2D eigenvalue weighted by Crippen LogP contribution is -2.37. The number of nitrogens with one attached hydrogen (secondary N) is 1. The predicted octanol–water partition coefficient (Wildman–Crippen LogP) is 3.37. The molecule has 0 saturated heterocycles. The van der Waals surface area contributed by atoms with E-state index in [1.165, 1.54) is 7.11 Å². The van der Waals surface area contributed by atoms with Crippen LogP contribution in [0.25, 0.3) is 22.8 Å². The molecule has 0 fully saturated rings. The summed E-state index contributed by atoms with van der Waals surface area (Å²) < 4.78 is 16.2. The number of amides is 1. The third kappa shape index (κ3) is 7.34. The number of aliphatic hydroxyl groups excluding tert-OH is 1. The molecule has 3 rings (SSSR count). The Bertz CT molecular complexity index is 1130. The second-order valence-corrected chi connectivity index (χ2v) is 8.89. The van der Waals surface area contributed by atoms with Crippen LogP contribution < -0.4 is 10.1 Å². The van der Waals surface area contributed by atoms with Crippen molar-refractivity contribution in [3.63, 3.8) is 0 Å². The number of hydrogen-bond donors (Lipinski definition) is 2. The number of aromatic nitrogens is 3. The van der Waals surface area contributed by atoms with E-state index in [2.05, 4.69) is 34.3 Å². The van der Waals surface area contributed by atoms with Crippen molar-refractivity contribution in [2.24, 2.45) is 5.92 Å². The molecule has 9 nitrogen and oxygen atoms in total. The van der Waals surface area contributed by atoms with E-state index in [0.29, 0.717) is 23.4 Å². The number of rotatable bonds is 12. The third-order valence-corrected chi connectivity index (χ3v) is 5.33. The Kier molecular flexibility index (Phi) is 9.33. The topological polar surface area (TPSA) is 120 Å². The summed E-state index contributed by atoms with van der Waals surface area (Å²) in [5.74, 6) is 1.86. The molecule has 1 amide bonds. The van der Waals surface area contributed by atoms with Crippen molar-refractivity contribution in [1.29, 1.82) is 0 Å². The molecule has 1 aromatic carbocycles. The summed E-state index contributed by atoms with van der Waals surface area (Å²) in [6.45, 7) is 8.36. The smallest absolute Gasteiger partial charge is 0.258 e. The Labute approximate surface area is 205 Å². The second-order valence-electron chi connectivity index (χ2n) is 8.89. The molecule has 0 aliphatic carbocycles. The molecule has 0 unspecified atom stereocenters. The molecule has 35 heavy (non-hydrogen) atoms. The number of nitrogens with zero attached hydrogens (tertiary/aromatic N) is 3. The quantitative estimate of drug-likeness (QED) is 0.403. The Morgan fingerprint density at radius 3 is 2.74 bits per heavy atom. The molecule has 0 bridgehead atoms. The number of pyridine rings is 1. The molecule has 0 spiro atoms. The van der Waals surface area contributed by atoms with Crippen molar-refractivity contribution < 1.29 is 23.9 Å². The van der Waals surface area contributed by atoms with Gasteiger partial charge in [-0.1, -0.05) is 25.9 Å². The fourth-order valence-electron chi connectivity index (χ4n) is 3.70. The molecule has 9 heteroatoms. The van der Waals surface area contributed by atoms with Crippen molar-refractivity contribution in [3.8, 4) is 28.6 Å². The van der Waals surface area contributed by atoms with Gasteiger partial charge in [0.2, 0.25) is 11.7 Å². The van der Waals surface area contributed by atoms with Gasteiger partial charge in [0, 0.05) is 36.7 Å². The molecule has 2 N–H and O–H groups in total. The number of methoxy groups -OCH3 is 1. The highest BCUT2D eigenvalue weighted by Crippen LogP contribution is 2.31. The van der Waals surface area contributed by atoms with Crippen LogP contribution in [0.15, 0.2) is 35.0 Å². The molecule has 2 aromatic heterocycles. The van der Waals surface area contributed by atoms with Gasteiger partial charge in [0.15, 0.2) is 0 Å². The van der Waals surface area contributed by atoms with Crippen LogP contribution in [-0.2, 0) is 22.4 Å². The van der Waals surface area contributed by atoms with E-state index in [1.54, 1.807) is 6.20 Å².